The molecule has 2 aromatic carbocycles. The van der Waals surface area contributed by atoms with Gasteiger partial charge >= 0.3 is 5.97 Å². The van der Waals surface area contributed by atoms with Crippen molar-refractivity contribution in [3.63, 3.8) is 0 Å². The van der Waals surface area contributed by atoms with E-state index in [1.807, 2.05) is 0 Å². The second-order valence-corrected chi connectivity index (χ2v) is 7.91. The fourth-order valence-corrected chi connectivity index (χ4v) is 3.77. The van der Waals surface area contributed by atoms with Crippen molar-refractivity contribution in [1.82, 2.24) is 4.57 Å². The van der Waals surface area contributed by atoms with Crippen LogP contribution >= 0.6 is 11.6 Å². The third-order valence-electron chi connectivity index (χ3n) is 5.33. The molecule has 2 amide bonds. The molecule has 168 valence electrons. The van der Waals surface area contributed by atoms with Gasteiger partial charge in [-0.15, -0.1) is 0 Å². The maximum absolute atomic E-state index is 14.6. The van der Waals surface area contributed by atoms with Crippen LogP contribution in [0.15, 0.2) is 71.7 Å². The molecule has 1 heterocycles. The zero-order valence-corrected chi connectivity index (χ0v) is 17.6. The highest BCUT2D eigenvalue weighted by molar-refractivity contribution is 6.30. The van der Waals surface area contributed by atoms with E-state index in [9.17, 15) is 28.7 Å². The summed E-state index contributed by atoms with van der Waals surface area (Å²) in [5.41, 5.74) is 0.106. The normalized spacial score (nSPS) is 18.9. The highest BCUT2D eigenvalue weighted by atomic mass is 35.5. The van der Waals surface area contributed by atoms with E-state index in [-0.39, 0.29) is 16.9 Å². The summed E-state index contributed by atoms with van der Waals surface area (Å²) >= 11 is 5.80. The van der Waals surface area contributed by atoms with Crippen LogP contribution in [0.1, 0.15) is 0 Å². The molecule has 10 heteroatoms. The number of nitrogens with zero attached hydrogens (tertiary/aromatic N) is 1. The molecule has 4 rings (SSSR count). The number of carboxylic acid groups (broad SMARTS) is 1. The Morgan fingerprint density at radius 3 is 2.18 bits per heavy atom. The van der Waals surface area contributed by atoms with Crippen molar-refractivity contribution in [2.75, 3.05) is 10.6 Å². The topological polar surface area (TPSA) is 117 Å². The fraction of sp³-hybridized carbons (Fsp3) is 0.130. The molecule has 8 nitrogen and oxygen atoms in total. The minimum absolute atomic E-state index is 0.194. The molecule has 1 aliphatic carbocycles. The molecule has 1 aliphatic rings. The number of carbonyl (C=O) groups is 3. The van der Waals surface area contributed by atoms with Crippen molar-refractivity contribution in [1.29, 1.82) is 0 Å². The van der Waals surface area contributed by atoms with E-state index in [2.05, 4.69) is 10.6 Å². The first-order chi connectivity index (χ1) is 15.8. The highest BCUT2D eigenvalue weighted by Crippen LogP contribution is 2.48. The number of aliphatic carboxylic acids is 1. The number of rotatable bonds is 6. The van der Waals surface area contributed by atoms with E-state index >= 15 is 0 Å². The van der Waals surface area contributed by atoms with E-state index in [0.717, 1.165) is 6.07 Å². The Balaban J connectivity index is 1.48. The molecule has 1 fully saturated rings. The third kappa shape index (κ3) is 4.63. The Morgan fingerprint density at radius 2 is 1.58 bits per heavy atom. The molecule has 0 radical (unpaired) electrons. The van der Waals surface area contributed by atoms with Crippen LogP contribution in [-0.2, 0) is 14.4 Å². The molecule has 0 unspecified atom stereocenters. The standard InChI is InChI=1S/C23H17ClFN3O5/c24-12-4-6-13(7-5-12)26-21(30)18-19(20(18)23(32)33)22(31)27-16-9-8-14(11-15(16)25)28-10-2-1-3-17(28)29/h1-11,18-20H,(H,26,30)(H,27,31)(H,32,33)/t18-,19+,20+/m1/s1. The number of pyridine rings is 1. The molecule has 33 heavy (non-hydrogen) atoms. The van der Waals surface area contributed by atoms with Crippen molar-refractivity contribution >= 4 is 40.8 Å². The lowest BCUT2D eigenvalue weighted by Gasteiger charge is -2.10. The number of amides is 2. The predicted molar refractivity (Wildman–Crippen MR) is 119 cm³/mol. The fourth-order valence-electron chi connectivity index (χ4n) is 3.64. The van der Waals surface area contributed by atoms with Crippen LogP contribution in [0, 0.1) is 23.6 Å². The molecule has 1 saturated carbocycles. The Labute approximate surface area is 191 Å². The number of nitrogens with one attached hydrogen (secondary N) is 2. The number of carboxylic acids is 1. The van der Waals surface area contributed by atoms with Gasteiger partial charge < -0.3 is 15.7 Å². The lowest BCUT2D eigenvalue weighted by molar-refractivity contribution is -0.140. The lowest BCUT2D eigenvalue weighted by atomic mass is 10.2. The first-order valence-electron chi connectivity index (χ1n) is 9.84. The number of hydrogen-bond acceptors (Lipinski definition) is 4. The summed E-state index contributed by atoms with van der Waals surface area (Å²) in [6, 6.07) is 14.5. The molecule has 0 aliphatic heterocycles. The highest BCUT2D eigenvalue weighted by Gasteiger charge is 2.63. The van der Waals surface area contributed by atoms with Crippen LogP contribution in [0.5, 0.6) is 0 Å². The van der Waals surface area contributed by atoms with Gasteiger partial charge in [0.05, 0.1) is 29.1 Å². The minimum Gasteiger partial charge on any atom is -0.481 e. The quantitative estimate of drug-likeness (QED) is 0.512. The summed E-state index contributed by atoms with van der Waals surface area (Å²) in [6.07, 6.45) is 1.47. The molecule has 3 atom stereocenters. The van der Waals surface area contributed by atoms with E-state index < -0.39 is 41.4 Å². The number of anilines is 2. The van der Waals surface area contributed by atoms with Crippen LogP contribution in [0.3, 0.4) is 0 Å². The second-order valence-electron chi connectivity index (χ2n) is 7.47. The smallest absolute Gasteiger partial charge is 0.308 e. The minimum atomic E-state index is -1.30. The van der Waals surface area contributed by atoms with E-state index in [0.29, 0.717) is 10.7 Å². The van der Waals surface area contributed by atoms with Gasteiger partial charge in [0.25, 0.3) is 5.56 Å². The summed E-state index contributed by atoms with van der Waals surface area (Å²) in [7, 11) is 0. The van der Waals surface area contributed by atoms with Crippen LogP contribution < -0.4 is 16.2 Å². The molecule has 0 spiro atoms. The molecule has 0 saturated heterocycles. The maximum Gasteiger partial charge on any atom is 0.308 e. The largest absolute Gasteiger partial charge is 0.481 e. The van der Waals surface area contributed by atoms with Crippen LogP contribution in [0.4, 0.5) is 15.8 Å². The van der Waals surface area contributed by atoms with Crippen LogP contribution in [0.25, 0.3) is 5.69 Å². The van der Waals surface area contributed by atoms with E-state index in [1.54, 1.807) is 36.4 Å². The summed E-state index contributed by atoms with van der Waals surface area (Å²) in [5, 5.41) is 14.8. The Kier molecular flexibility index (Phi) is 5.97. The molecule has 3 aromatic rings. The number of carbonyl (C=O) groups excluding carboxylic acids is 2. The molecule has 0 bridgehead atoms. The summed E-state index contributed by atoms with van der Waals surface area (Å²) in [4.78, 5) is 48.7. The van der Waals surface area contributed by atoms with Gasteiger partial charge in [0.15, 0.2) is 0 Å². The number of aromatic nitrogens is 1. The number of hydrogen-bond donors (Lipinski definition) is 3. The van der Waals surface area contributed by atoms with Gasteiger partial charge in [0.1, 0.15) is 5.82 Å². The molecular formula is C23H17ClFN3O5. The van der Waals surface area contributed by atoms with Gasteiger partial charge in [-0.1, -0.05) is 17.7 Å². The molecule has 3 N–H and O–H groups in total. The molecular weight excluding hydrogens is 453 g/mol. The zero-order chi connectivity index (χ0) is 23.7. The predicted octanol–water partition coefficient (Wildman–Crippen LogP) is 3.15. The van der Waals surface area contributed by atoms with Gasteiger partial charge in [0.2, 0.25) is 11.8 Å². The maximum atomic E-state index is 14.6. The van der Waals surface area contributed by atoms with Crippen molar-refractivity contribution in [2.24, 2.45) is 17.8 Å². The summed E-state index contributed by atoms with van der Waals surface area (Å²) in [6.45, 7) is 0. The second kappa shape index (κ2) is 8.87. The van der Waals surface area contributed by atoms with Gasteiger partial charge in [0, 0.05) is 29.0 Å². The van der Waals surface area contributed by atoms with Gasteiger partial charge in [-0.3, -0.25) is 23.7 Å². The van der Waals surface area contributed by atoms with Gasteiger partial charge in [-0.25, -0.2) is 4.39 Å². The van der Waals surface area contributed by atoms with E-state index in [4.69, 9.17) is 11.6 Å². The van der Waals surface area contributed by atoms with Crippen molar-refractivity contribution in [3.05, 3.63) is 88.1 Å². The average Bonchev–Trinajstić information content (AvgIpc) is 3.54. The van der Waals surface area contributed by atoms with Crippen molar-refractivity contribution in [2.45, 2.75) is 0 Å². The van der Waals surface area contributed by atoms with Gasteiger partial charge in [-0.05, 0) is 42.5 Å². The zero-order valence-electron chi connectivity index (χ0n) is 16.9. The third-order valence-corrected chi connectivity index (χ3v) is 5.59. The monoisotopic (exact) mass is 469 g/mol. The SMILES string of the molecule is O=C(O)[C@@H]1[C@@H](C(=O)Nc2ccc(-n3ccccc3=O)cc2F)[C@H]1C(=O)Nc1ccc(Cl)cc1. The number of halogens is 2. The number of benzene rings is 2. The van der Waals surface area contributed by atoms with Crippen LogP contribution in [0.2, 0.25) is 5.02 Å². The molecule has 1 aromatic heterocycles. The van der Waals surface area contributed by atoms with Gasteiger partial charge in [-0.2, -0.15) is 0 Å². The Bertz CT molecular complexity index is 1310. The first-order valence-corrected chi connectivity index (χ1v) is 10.2. The van der Waals surface area contributed by atoms with E-state index in [1.165, 1.54) is 29.0 Å². The average molecular weight is 470 g/mol. The Hall–Kier alpha value is -3.98. The first kappa shape index (κ1) is 22.2. The summed E-state index contributed by atoms with van der Waals surface area (Å²) in [5.74, 6) is -7.04. The van der Waals surface area contributed by atoms with Crippen molar-refractivity contribution in [3.8, 4) is 5.69 Å². The van der Waals surface area contributed by atoms with Crippen LogP contribution in [-0.4, -0.2) is 27.5 Å². The Morgan fingerprint density at radius 1 is 0.909 bits per heavy atom. The lowest BCUT2D eigenvalue weighted by Crippen LogP contribution is -2.21. The summed E-state index contributed by atoms with van der Waals surface area (Å²) < 4.78 is 15.8. The van der Waals surface area contributed by atoms with Crippen molar-refractivity contribution < 1.29 is 23.9 Å².